The van der Waals surface area contributed by atoms with Gasteiger partial charge in [-0.1, -0.05) is 33.6 Å². The Balaban J connectivity index is 2.06. The molecule has 2 atom stereocenters. The van der Waals surface area contributed by atoms with E-state index >= 15 is 0 Å². The van der Waals surface area contributed by atoms with E-state index in [1.807, 2.05) is 0 Å². The van der Waals surface area contributed by atoms with E-state index in [-0.39, 0.29) is 0 Å². The normalized spacial score (nSPS) is 23.0. The Labute approximate surface area is 138 Å². The third kappa shape index (κ3) is 3.89. The molecule has 1 heterocycles. The zero-order valence-electron chi connectivity index (χ0n) is 14.0. The predicted octanol–water partition coefficient (Wildman–Crippen LogP) is 4.53. The molecule has 21 heavy (non-hydrogen) atoms. The van der Waals surface area contributed by atoms with Crippen molar-refractivity contribution in [2.75, 3.05) is 0 Å². The van der Waals surface area contributed by atoms with E-state index in [0.29, 0.717) is 6.04 Å². The minimum absolute atomic E-state index is 0.663. The minimum Gasteiger partial charge on any atom is -0.308 e. The fourth-order valence-corrected chi connectivity index (χ4v) is 4.33. The molecule has 4 heteroatoms. The Kier molecular flexibility index (Phi) is 6.30. The highest BCUT2D eigenvalue weighted by Crippen LogP contribution is 2.31. The average molecular weight is 356 g/mol. The second-order valence-corrected chi connectivity index (χ2v) is 7.35. The highest BCUT2D eigenvalue weighted by atomic mass is 79.9. The van der Waals surface area contributed by atoms with Gasteiger partial charge in [0.15, 0.2) is 0 Å². The predicted molar refractivity (Wildman–Crippen MR) is 92.4 cm³/mol. The first-order chi connectivity index (χ1) is 10.1. The summed E-state index contributed by atoms with van der Waals surface area (Å²) in [6.07, 6.45) is 6.46. The van der Waals surface area contributed by atoms with Gasteiger partial charge in [-0.25, -0.2) is 0 Å². The fourth-order valence-electron chi connectivity index (χ4n) is 3.62. The van der Waals surface area contributed by atoms with Crippen LogP contribution in [0, 0.1) is 11.8 Å². The first-order valence-electron chi connectivity index (χ1n) is 8.55. The SMILES string of the molecule is CCc1nn(CC)c(CNC2CCCCC2C(C)C)c1Br. The Morgan fingerprint density at radius 3 is 2.62 bits per heavy atom. The van der Waals surface area contributed by atoms with E-state index in [1.165, 1.54) is 41.5 Å². The molecule has 0 bridgehead atoms. The van der Waals surface area contributed by atoms with Crippen molar-refractivity contribution >= 4 is 15.9 Å². The zero-order valence-corrected chi connectivity index (χ0v) is 15.5. The summed E-state index contributed by atoms with van der Waals surface area (Å²) in [4.78, 5) is 0. The smallest absolute Gasteiger partial charge is 0.0767 e. The molecule has 0 saturated heterocycles. The Hall–Kier alpha value is -0.350. The lowest BCUT2D eigenvalue weighted by atomic mass is 9.78. The second kappa shape index (κ2) is 7.77. The van der Waals surface area contributed by atoms with Crippen LogP contribution in [0.3, 0.4) is 0 Å². The van der Waals surface area contributed by atoms with E-state index in [4.69, 9.17) is 5.10 Å². The van der Waals surface area contributed by atoms with E-state index in [1.54, 1.807) is 0 Å². The topological polar surface area (TPSA) is 29.9 Å². The van der Waals surface area contributed by atoms with Crippen LogP contribution in [0.2, 0.25) is 0 Å². The van der Waals surface area contributed by atoms with Crippen molar-refractivity contribution in [2.24, 2.45) is 11.8 Å². The summed E-state index contributed by atoms with van der Waals surface area (Å²) in [5.74, 6) is 1.59. The second-order valence-electron chi connectivity index (χ2n) is 6.56. The molecule has 0 amide bonds. The number of hydrogen-bond acceptors (Lipinski definition) is 2. The largest absolute Gasteiger partial charge is 0.308 e. The fraction of sp³-hybridized carbons (Fsp3) is 0.824. The third-order valence-corrected chi connectivity index (χ3v) is 5.82. The van der Waals surface area contributed by atoms with Crippen LogP contribution >= 0.6 is 15.9 Å². The van der Waals surface area contributed by atoms with Gasteiger partial charge >= 0.3 is 0 Å². The number of rotatable bonds is 6. The van der Waals surface area contributed by atoms with Crippen LogP contribution in [0.4, 0.5) is 0 Å². The van der Waals surface area contributed by atoms with Crippen molar-refractivity contribution in [3.8, 4) is 0 Å². The molecule has 0 spiro atoms. The molecule has 1 aromatic rings. The third-order valence-electron chi connectivity index (χ3n) is 4.90. The maximum atomic E-state index is 4.69. The van der Waals surface area contributed by atoms with E-state index < -0.39 is 0 Å². The van der Waals surface area contributed by atoms with Crippen LogP contribution in [0.1, 0.15) is 64.8 Å². The van der Waals surface area contributed by atoms with Gasteiger partial charge in [-0.15, -0.1) is 0 Å². The Morgan fingerprint density at radius 2 is 2.00 bits per heavy atom. The maximum absolute atomic E-state index is 4.69. The summed E-state index contributed by atoms with van der Waals surface area (Å²) in [6.45, 7) is 10.9. The van der Waals surface area contributed by atoms with Crippen molar-refractivity contribution in [1.29, 1.82) is 0 Å². The van der Waals surface area contributed by atoms with Crippen molar-refractivity contribution in [2.45, 2.75) is 78.9 Å². The summed E-state index contributed by atoms with van der Waals surface area (Å²) in [5.41, 5.74) is 2.49. The summed E-state index contributed by atoms with van der Waals surface area (Å²) >= 11 is 3.75. The number of aromatic nitrogens is 2. The van der Waals surface area contributed by atoms with Gasteiger partial charge in [-0.3, -0.25) is 4.68 Å². The molecule has 2 rings (SSSR count). The molecule has 0 aliphatic heterocycles. The van der Waals surface area contributed by atoms with Crippen molar-refractivity contribution in [1.82, 2.24) is 15.1 Å². The number of aryl methyl sites for hydroxylation is 2. The molecule has 1 aliphatic rings. The first kappa shape index (κ1) is 17.0. The Bertz CT molecular complexity index is 453. The van der Waals surface area contributed by atoms with Crippen LogP contribution in [-0.2, 0) is 19.5 Å². The molecule has 1 aliphatic carbocycles. The molecule has 0 radical (unpaired) electrons. The molecule has 120 valence electrons. The zero-order chi connectivity index (χ0) is 15.4. The molecular weight excluding hydrogens is 326 g/mol. The van der Waals surface area contributed by atoms with Gasteiger partial charge in [0.2, 0.25) is 0 Å². The first-order valence-corrected chi connectivity index (χ1v) is 9.35. The van der Waals surface area contributed by atoms with Gasteiger partial charge in [-0.05, 0) is 54.0 Å². The maximum Gasteiger partial charge on any atom is 0.0767 e. The monoisotopic (exact) mass is 355 g/mol. The number of halogens is 1. The lowest BCUT2D eigenvalue weighted by Gasteiger charge is -2.35. The van der Waals surface area contributed by atoms with Gasteiger partial charge in [0, 0.05) is 19.1 Å². The summed E-state index contributed by atoms with van der Waals surface area (Å²) < 4.78 is 3.35. The highest BCUT2D eigenvalue weighted by Gasteiger charge is 2.27. The molecule has 2 unspecified atom stereocenters. The quantitative estimate of drug-likeness (QED) is 0.811. The lowest BCUT2D eigenvalue weighted by molar-refractivity contribution is 0.203. The molecule has 1 N–H and O–H groups in total. The van der Waals surface area contributed by atoms with Crippen molar-refractivity contribution < 1.29 is 0 Å². The van der Waals surface area contributed by atoms with E-state index in [9.17, 15) is 0 Å². The minimum atomic E-state index is 0.663. The van der Waals surface area contributed by atoms with Gasteiger partial charge in [0.25, 0.3) is 0 Å². The summed E-state index contributed by atoms with van der Waals surface area (Å²) in [5, 5.41) is 8.53. The molecule has 1 saturated carbocycles. The Morgan fingerprint density at radius 1 is 1.29 bits per heavy atom. The van der Waals surface area contributed by atoms with Gasteiger partial charge < -0.3 is 5.32 Å². The van der Waals surface area contributed by atoms with E-state index in [0.717, 1.165) is 31.3 Å². The van der Waals surface area contributed by atoms with Gasteiger partial charge in [0.1, 0.15) is 0 Å². The number of nitrogens with one attached hydrogen (secondary N) is 1. The van der Waals surface area contributed by atoms with Crippen molar-refractivity contribution in [3.63, 3.8) is 0 Å². The number of nitrogens with zero attached hydrogens (tertiary/aromatic N) is 2. The summed E-state index contributed by atoms with van der Waals surface area (Å²) in [6, 6.07) is 0.663. The number of hydrogen-bond donors (Lipinski definition) is 1. The van der Waals surface area contributed by atoms with Crippen LogP contribution < -0.4 is 5.32 Å². The molecular formula is C17H30BrN3. The van der Waals surface area contributed by atoms with Crippen LogP contribution in [-0.4, -0.2) is 15.8 Å². The van der Waals surface area contributed by atoms with Crippen LogP contribution in [0.15, 0.2) is 4.47 Å². The van der Waals surface area contributed by atoms with E-state index in [2.05, 4.69) is 53.6 Å². The van der Waals surface area contributed by atoms with Crippen LogP contribution in [0.25, 0.3) is 0 Å². The average Bonchev–Trinajstić information content (AvgIpc) is 2.80. The van der Waals surface area contributed by atoms with Crippen LogP contribution in [0.5, 0.6) is 0 Å². The van der Waals surface area contributed by atoms with Gasteiger partial charge in [-0.2, -0.15) is 5.10 Å². The molecule has 1 aromatic heterocycles. The summed E-state index contributed by atoms with van der Waals surface area (Å²) in [7, 11) is 0. The molecule has 3 nitrogen and oxygen atoms in total. The molecule has 1 fully saturated rings. The highest BCUT2D eigenvalue weighted by molar-refractivity contribution is 9.10. The van der Waals surface area contributed by atoms with Gasteiger partial charge in [0.05, 0.1) is 15.9 Å². The standard InChI is InChI=1S/C17H30BrN3/c1-5-14-17(18)16(21(6-2)20-14)11-19-15-10-8-7-9-13(15)12(3)4/h12-13,15,19H,5-11H2,1-4H3. The lowest BCUT2D eigenvalue weighted by Crippen LogP contribution is -2.40. The molecule has 0 aromatic carbocycles. The van der Waals surface area contributed by atoms with Crippen molar-refractivity contribution in [3.05, 3.63) is 15.9 Å².